The Morgan fingerprint density at radius 1 is 1.45 bits per heavy atom. The van der Waals surface area contributed by atoms with E-state index in [-0.39, 0.29) is 24.8 Å². The minimum Gasteiger partial charge on any atom is -0.481 e. The zero-order chi connectivity index (χ0) is 14.9. The third kappa shape index (κ3) is 3.20. The van der Waals surface area contributed by atoms with Gasteiger partial charge in [-0.3, -0.25) is 9.59 Å². The minimum absolute atomic E-state index is 0.0185. The molecule has 4 nitrogen and oxygen atoms in total. The first kappa shape index (κ1) is 15.0. The van der Waals surface area contributed by atoms with Gasteiger partial charge >= 0.3 is 5.97 Å². The predicted molar refractivity (Wildman–Crippen MR) is 78.8 cm³/mol. The molecule has 2 rings (SSSR count). The maximum atomic E-state index is 12.5. The van der Waals surface area contributed by atoms with Crippen LogP contribution in [0.25, 0.3) is 0 Å². The van der Waals surface area contributed by atoms with E-state index < -0.39 is 11.4 Å². The highest BCUT2D eigenvalue weighted by Gasteiger charge is 2.32. The second kappa shape index (κ2) is 5.56. The van der Waals surface area contributed by atoms with Gasteiger partial charge in [0.05, 0.1) is 12.5 Å². The summed E-state index contributed by atoms with van der Waals surface area (Å²) in [6, 6.07) is 2.19. The molecule has 1 aliphatic heterocycles. The van der Waals surface area contributed by atoms with Gasteiger partial charge in [-0.15, -0.1) is 11.3 Å². The maximum absolute atomic E-state index is 12.5. The molecule has 0 spiro atoms. The molecular weight excluding hydrogens is 274 g/mol. The van der Waals surface area contributed by atoms with Crippen molar-refractivity contribution >= 4 is 23.2 Å². The Kier molecular flexibility index (Phi) is 4.18. The van der Waals surface area contributed by atoms with Crippen molar-refractivity contribution in [3.63, 3.8) is 0 Å². The number of fused-ring (bicyclic) bond motifs is 1. The number of carboxylic acids is 1. The molecule has 1 atom stereocenters. The molecule has 110 valence electrons. The van der Waals surface area contributed by atoms with Crippen molar-refractivity contribution in [1.29, 1.82) is 0 Å². The van der Waals surface area contributed by atoms with Gasteiger partial charge in [0.1, 0.15) is 0 Å². The summed E-state index contributed by atoms with van der Waals surface area (Å²) in [5, 5.41) is 11.0. The fourth-order valence-electron chi connectivity index (χ4n) is 2.83. The van der Waals surface area contributed by atoms with E-state index in [4.69, 9.17) is 5.11 Å². The van der Waals surface area contributed by atoms with Gasteiger partial charge < -0.3 is 10.0 Å². The van der Waals surface area contributed by atoms with E-state index in [1.54, 1.807) is 11.3 Å². The molecule has 1 aromatic rings. The summed E-state index contributed by atoms with van der Waals surface area (Å²) in [4.78, 5) is 26.6. The Hall–Kier alpha value is -1.36. The SMILES string of the molecule is CC1c2ccsc2CCN1C(=O)CC(C)(C)CC(=O)O. The molecule has 1 N–H and O–H groups in total. The largest absolute Gasteiger partial charge is 0.481 e. The molecule has 20 heavy (non-hydrogen) atoms. The number of carbonyl (C=O) groups excluding carboxylic acids is 1. The number of carboxylic acid groups (broad SMARTS) is 1. The van der Waals surface area contributed by atoms with E-state index in [1.165, 1.54) is 10.4 Å². The van der Waals surface area contributed by atoms with E-state index in [0.29, 0.717) is 0 Å². The highest BCUT2D eigenvalue weighted by atomic mass is 32.1. The zero-order valence-corrected chi connectivity index (χ0v) is 13.0. The third-order valence-corrected chi connectivity index (χ3v) is 4.85. The Morgan fingerprint density at radius 2 is 2.15 bits per heavy atom. The van der Waals surface area contributed by atoms with Crippen LogP contribution in [0.5, 0.6) is 0 Å². The number of amides is 1. The van der Waals surface area contributed by atoms with Crippen LogP contribution >= 0.6 is 11.3 Å². The fraction of sp³-hybridized carbons (Fsp3) is 0.600. The molecule has 1 amide bonds. The first-order valence-corrected chi connectivity index (χ1v) is 7.76. The molecule has 0 saturated carbocycles. The maximum Gasteiger partial charge on any atom is 0.303 e. The van der Waals surface area contributed by atoms with Crippen molar-refractivity contribution in [2.75, 3.05) is 6.54 Å². The van der Waals surface area contributed by atoms with Gasteiger partial charge in [0.2, 0.25) is 5.91 Å². The van der Waals surface area contributed by atoms with Crippen LogP contribution in [0, 0.1) is 5.41 Å². The molecule has 1 unspecified atom stereocenters. The van der Waals surface area contributed by atoms with Gasteiger partial charge in [0.15, 0.2) is 0 Å². The third-order valence-electron chi connectivity index (χ3n) is 3.86. The first-order chi connectivity index (χ1) is 9.30. The summed E-state index contributed by atoms with van der Waals surface area (Å²) in [7, 11) is 0. The van der Waals surface area contributed by atoms with Crippen LogP contribution in [0.15, 0.2) is 11.4 Å². The number of carbonyl (C=O) groups is 2. The lowest BCUT2D eigenvalue weighted by molar-refractivity contribution is -0.141. The molecule has 0 fully saturated rings. The summed E-state index contributed by atoms with van der Waals surface area (Å²) in [6.07, 6.45) is 1.20. The smallest absolute Gasteiger partial charge is 0.303 e. The highest BCUT2D eigenvalue weighted by molar-refractivity contribution is 7.10. The first-order valence-electron chi connectivity index (χ1n) is 6.88. The number of thiophene rings is 1. The zero-order valence-electron chi connectivity index (χ0n) is 12.2. The average Bonchev–Trinajstić information content (AvgIpc) is 2.75. The Labute approximate surface area is 123 Å². The quantitative estimate of drug-likeness (QED) is 0.928. The molecule has 0 radical (unpaired) electrons. The molecule has 0 bridgehead atoms. The summed E-state index contributed by atoms with van der Waals surface area (Å²) in [6.45, 7) is 6.46. The molecule has 0 saturated heterocycles. The van der Waals surface area contributed by atoms with E-state index in [0.717, 1.165) is 13.0 Å². The Balaban J connectivity index is 2.06. The van der Waals surface area contributed by atoms with Crippen LogP contribution in [0.1, 0.15) is 50.1 Å². The van der Waals surface area contributed by atoms with Crippen molar-refractivity contribution < 1.29 is 14.7 Å². The monoisotopic (exact) mass is 295 g/mol. The number of aliphatic carboxylic acids is 1. The predicted octanol–water partition coefficient (Wildman–Crippen LogP) is 3.08. The van der Waals surface area contributed by atoms with Crippen molar-refractivity contribution in [1.82, 2.24) is 4.90 Å². The van der Waals surface area contributed by atoms with Crippen LogP contribution in [-0.4, -0.2) is 28.4 Å². The van der Waals surface area contributed by atoms with Crippen LogP contribution in [-0.2, 0) is 16.0 Å². The van der Waals surface area contributed by atoms with Crippen molar-refractivity contribution in [3.8, 4) is 0 Å². The highest BCUT2D eigenvalue weighted by Crippen LogP contribution is 2.35. The normalized spacial score (nSPS) is 18.8. The second-order valence-corrected chi connectivity index (χ2v) is 7.22. The number of nitrogens with zero attached hydrogens (tertiary/aromatic N) is 1. The lowest BCUT2D eigenvalue weighted by Gasteiger charge is -2.35. The Bertz CT molecular complexity index is 521. The molecular formula is C15H21NO3S. The van der Waals surface area contributed by atoms with Crippen molar-refractivity contribution in [3.05, 3.63) is 21.9 Å². The van der Waals surface area contributed by atoms with Gasteiger partial charge in [-0.1, -0.05) is 13.8 Å². The summed E-state index contributed by atoms with van der Waals surface area (Å²) in [5.41, 5.74) is 0.739. The van der Waals surface area contributed by atoms with Gasteiger partial charge in [-0.2, -0.15) is 0 Å². The van der Waals surface area contributed by atoms with E-state index >= 15 is 0 Å². The fourth-order valence-corrected chi connectivity index (χ4v) is 3.80. The van der Waals surface area contributed by atoms with Crippen molar-refractivity contribution in [2.24, 2.45) is 5.41 Å². The molecule has 5 heteroatoms. The van der Waals surface area contributed by atoms with E-state index in [2.05, 4.69) is 11.4 Å². The summed E-state index contributed by atoms with van der Waals surface area (Å²) in [5.74, 6) is -0.796. The molecule has 0 aromatic carbocycles. The van der Waals surface area contributed by atoms with Gasteiger partial charge in [-0.25, -0.2) is 0 Å². The lowest BCUT2D eigenvalue weighted by Crippen LogP contribution is -2.40. The van der Waals surface area contributed by atoms with Gasteiger partial charge in [0.25, 0.3) is 0 Å². The Morgan fingerprint density at radius 3 is 2.80 bits per heavy atom. The van der Waals surface area contributed by atoms with Crippen LogP contribution in [0.4, 0.5) is 0 Å². The second-order valence-electron chi connectivity index (χ2n) is 6.22. The number of rotatable bonds is 4. The number of hydrogen-bond donors (Lipinski definition) is 1. The molecule has 2 heterocycles. The van der Waals surface area contributed by atoms with Crippen molar-refractivity contribution in [2.45, 2.75) is 46.1 Å². The van der Waals surface area contributed by atoms with Crippen LogP contribution in [0.2, 0.25) is 0 Å². The summed E-state index contributed by atoms with van der Waals surface area (Å²) < 4.78 is 0. The molecule has 1 aromatic heterocycles. The standard InChI is InChI=1S/C15H21NO3S/c1-10-11-5-7-20-12(11)4-6-16(10)13(17)8-15(2,3)9-14(18)19/h5,7,10H,4,6,8-9H2,1-3H3,(H,18,19). The van der Waals surface area contributed by atoms with Crippen LogP contribution < -0.4 is 0 Å². The average molecular weight is 295 g/mol. The number of hydrogen-bond acceptors (Lipinski definition) is 3. The van der Waals surface area contributed by atoms with Gasteiger partial charge in [0, 0.05) is 17.8 Å². The lowest BCUT2D eigenvalue weighted by atomic mass is 9.84. The molecule has 0 aliphatic carbocycles. The molecule has 1 aliphatic rings. The van der Waals surface area contributed by atoms with E-state index in [1.807, 2.05) is 25.7 Å². The van der Waals surface area contributed by atoms with Crippen LogP contribution in [0.3, 0.4) is 0 Å². The van der Waals surface area contributed by atoms with Gasteiger partial charge in [-0.05, 0) is 35.8 Å². The summed E-state index contributed by atoms with van der Waals surface area (Å²) >= 11 is 1.75. The topological polar surface area (TPSA) is 57.6 Å². The van der Waals surface area contributed by atoms with E-state index in [9.17, 15) is 9.59 Å². The minimum atomic E-state index is -0.852.